The lowest BCUT2D eigenvalue weighted by molar-refractivity contribution is -0.137. The number of carbonyl (C=O) groups is 1. The van der Waals surface area contributed by atoms with Gasteiger partial charge in [0.15, 0.2) is 23.7 Å². The fourth-order valence-corrected chi connectivity index (χ4v) is 1.62. The molecule has 0 bridgehead atoms. The minimum absolute atomic E-state index is 0.0718. The summed E-state index contributed by atoms with van der Waals surface area (Å²) in [4.78, 5) is 10.8. The molecule has 22 heavy (non-hydrogen) atoms. The van der Waals surface area contributed by atoms with Crippen molar-refractivity contribution < 1.29 is 35.9 Å². The fraction of sp³-hybridized carbons (Fsp3) is 0.0714. The van der Waals surface area contributed by atoms with Crippen molar-refractivity contribution in [2.45, 2.75) is 6.18 Å². The van der Waals surface area contributed by atoms with E-state index in [0.29, 0.717) is 18.2 Å². The molecule has 0 saturated carbocycles. The van der Waals surface area contributed by atoms with Crippen LogP contribution in [0.1, 0.15) is 15.9 Å². The highest BCUT2D eigenvalue weighted by Crippen LogP contribution is 2.34. The van der Waals surface area contributed by atoms with Crippen LogP contribution in [0, 0.1) is 17.5 Å². The van der Waals surface area contributed by atoms with Crippen LogP contribution in [-0.2, 0) is 6.18 Å². The van der Waals surface area contributed by atoms with E-state index in [9.17, 15) is 31.1 Å². The second kappa shape index (κ2) is 5.70. The highest BCUT2D eigenvalue weighted by atomic mass is 19.4. The zero-order chi connectivity index (χ0) is 16.5. The van der Waals surface area contributed by atoms with E-state index in [4.69, 9.17) is 4.74 Å². The van der Waals surface area contributed by atoms with E-state index in [-0.39, 0.29) is 6.29 Å². The molecular weight excluding hydrogens is 314 g/mol. The Morgan fingerprint density at radius 2 is 1.55 bits per heavy atom. The molecule has 0 heterocycles. The minimum Gasteiger partial charge on any atom is -0.453 e. The molecule has 0 fully saturated rings. The second-order valence-electron chi connectivity index (χ2n) is 4.14. The van der Waals surface area contributed by atoms with Crippen LogP contribution in [0.2, 0.25) is 0 Å². The van der Waals surface area contributed by atoms with Crippen LogP contribution in [0.4, 0.5) is 26.3 Å². The Morgan fingerprint density at radius 1 is 0.909 bits per heavy atom. The summed E-state index contributed by atoms with van der Waals surface area (Å²) in [6.45, 7) is 0. The lowest BCUT2D eigenvalue weighted by Crippen LogP contribution is -2.06. The lowest BCUT2D eigenvalue weighted by Gasteiger charge is -2.12. The van der Waals surface area contributed by atoms with Crippen LogP contribution >= 0.6 is 0 Å². The third-order valence-electron chi connectivity index (χ3n) is 2.68. The summed E-state index contributed by atoms with van der Waals surface area (Å²) in [5.41, 5.74) is -1.62. The van der Waals surface area contributed by atoms with E-state index < -0.39 is 46.3 Å². The number of ether oxygens (including phenoxy) is 1. The maximum Gasteiger partial charge on any atom is 0.416 e. The molecule has 2 aromatic rings. The zero-order valence-electron chi connectivity index (χ0n) is 10.5. The van der Waals surface area contributed by atoms with Gasteiger partial charge < -0.3 is 4.74 Å². The van der Waals surface area contributed by atoms with E-state index in [2.05, 4.69) is 0 Å². The summed E-state index contributed by atoms with van der Waals surface area (Å²) in [5.74, 6) is -6.09. The van der Waals surface area contributed by atoms with Gasteiger partial charge in [-0.3, -0.25) is 4.79 Å². The maximum absolute atomic E-state index is 13.4. The van der Waals surface area contributed by atoms with Gasteiger partial charge in [-0.15, -0.1) is 0 Å². The van der Waals surface area contributed by atoms with Gasteiger partial charge in [-0.2, -0.15) is 17.6 Å². The predicted octanol–water partition coefficient (Wildman–Crippen LogP) is 4.73. The van der Waals surface area contributed by atoms with E-state index in [1.807, 2.05) is 0 Å². The number of carbonyl (C=O) groups excluding carboxylic acids is 1. The van der Waals surface area contributed by atoms with Crippen LogP contribution < -0.4 is 4.74 Å². The summed E-state index contributed by atoms with van der Waals surface area (Å²) in [7, 11) is 0. The molecular formula is C14H6F6O2. The van der Waals surface area contributed by atoms with Crippen molar-refractivity contribution >= 4 is 6.29 Å². The Labute approximate surface area is 119 Å². The molecule has 0 unspecified atom stereocenters. The van der Waals surface area contributed by atoms with E-state index in [1.54, 1.807) is 0 Å². The lowest BCUT2D eigenvalue weighted by atomic mass is 10.1. The van der Waals surface area contributed by atoms with Crippen molar-refractivity contribution in [2.24, 2.45) is 0 Å². The van der Waals surface area contributed by atoms with Crippen molar-refractivity contribution in [3.05, 3.63) is 58.9 Å². The molecule has 0 saturated heterocycles. The van der Waals surface area contributed by atoms with Crippen LogP contribution in [0.15, 0.2) is 30.3 Å². The topological polar surface area (TPSA) is 26.3 Å². The minimum atomic E-state index is -4.68. The van der Waals surface area contributed by atoms with Gasteiger partial charge in [0.25, 0.3) is 0 Å². The molecule has 0 aliphatic heterocycles. The van der Waals surface area contributed by atoms with Gasteiger partial charge in [-0.1, -0.05) is 0 Å². The number of aldehydes is 1. The third kappa shape index (κ3) is 3.05. The Balaban J connectivity index is 2.42. The largest absolute Gasteiger partial charge is 0.453 e. The maximum atomic E-state index is 13.4. The summed E-state index contributed by atoms with van der Waals surface area (Å²) in [6.07, 6.45) is -4.61. The monoisotopic (exact) mass is 320 g/mol. The van der Waals surface area contributed by atoms with Gasteiger partial charge >= 0.3 is 6.18 Å². The molecule has 0 aromatic heterocycles. The van der Waals surface area contributed by atoms with Crippen molar-refractivity contribution in [3.8, 4) is 11.5 Å². The Hall–Kier alpha value is -2.51. The summed E-state index contributed by atoms with van der Waals surface area (Å²) in [5, 5.41) is 0. The van der Waals surface area contributed by atoms with E-state index >= 15 is 0 Å². The number of benzene rings is 2. The Morgan fingerprint density at radius 3 is 2.14 bits per heavy atom. The number of rotatable bonds is 3. The number of hydrogen-bond acceptors (Lipinski definition) is 2. The summed E-state index contributed by atoms with van der Waals surface area (Å²) < 4.78 is 81.7. The number of halogens is 6. The van der Waals surface area contributed by atoms with Gasteiger partial charge in [0.1, 0.15) is 5.75 Å². The van der Waals surface area contributed by atoms with Gasteiger partial charge in [-0.05, 0) is 30.3 Å². The van der Waals surface area contributed by atoms with E-state index in [1.165, 1.54) is 0 Å². The predicted molar refractivity (Wildman–Crippen MR) is 63.2 cm³/mol. The number of hydrogen-bond donors (Lipinski definition) is 0. The highest BCUT2D eigenvalue weighted by Gasteiger charge is 2.31. The molecule has 0 spiro atoms. The van der Waals surface area contributed by atoms with Gasteiger partial charge in [-0.25, -0.2) is 8.78 Å². The quantitative estimate of drug-likeness (QED) is 0.464. The molecule has 2 aromatic carbocycles. The zero-order valence-corrected chi connectivity index (χ0v) is 10.5. The van der Waals surface area contributed by atoms with Gasteiger partial charge in [0.2, 0.25) is 5.82 Å². The molecule has 0 aliphatic rings. The smallest absolute Gasteiger partial charge is 0.416 e. The van der Waals surface area contributed by atoms with Crippen molar-refractivity contribution in [1.29, 1.82) is 0 Å². The molecule has 2 rings (SSSR count). The Bertz CT molecular complexity index is 724. The first kappa shape index (κ1) is 15.9. The first-order valence-electron chi connectivity index (χ1n) is 5.72. The fourth-order valence-electron chi connectivity index (χ4n) is 1.62. The number of alkyl halides is 3. The molecule has 0 N–H and O–H groups in total. The molecule has 0 aliphatic carbocycles. The second-order valence-corrected chi connectivity index (χ2v) is 4.14. The van der Waals surface area contributed by atoms with Crippen molar-refractivity contribution in [2.75, 3.05) is 0 Å². The molecule has 2 nitrogen and oxygen atoms in total. The first-order valence-corrected chi connectivity index (χ1v) is 5.72. The molecule has 8 heteroatoms. The summed E-state index contributed by atoms with van der Waals surface area (Å²) in [6, 6.07) is 3.23. The molecule has 0 amide bonds. The van der Waals surface area contributed by atoms with Crippen LogP contribution in [0.5, 0.6) is 11.5 Å². The van der Waals surface area contributed by atoms with Crippen LogP contribution in [-0.4, -0.2) is 6.29 Å². The van der Waals surface area contributed by atoms with Crippen LogP contribution in [0.3, 0.4) is 0 Å². The van der Waals surface area contributed by atoms with Crippen molar-refractivity contribution in [3.63, 3.8) is 0 Å². The van der Waals surface area contributed by atoms with Crippen LogP contribution in [0.25, 0.3) is 0 Å². The van der Waals surface area contributed by atoms with Crippen molar-refractivity contribution in [1.82, 2.24) is 0 Å². The van der Waals surface area contributed by atoms with Gasteiger partial charge in [0, 0.05) is 0 Å². The van der Waals surface area contributed by atoms with Gasteiger partial charge in [0.05, 0.1) is 11.1 Å². The van der Waals surface area contributed by atoms with E-state index in [0.717, 1.165) is 12.1 Å². The summed E-state index contributed by atoms with van der Waals surface area (Å²) >= 11 is 0. The SMILES string of the molecule is O=Cc1cc(C(F)(F)F)ccc1Oc1ccc(F)c(F)c1F. The standard InChI is InChI=1S/C14H6F6O2/c15-9-2-4-11(13(17)12(9)16)22-10-3-1-8(14(18,19)20)5-7(10)6-21/h1-6H. The molecule has 0 radical (unpaired) electrons. The average Bonchev–Trinajstić information content (AvgIpc) is 2.47. The average molecular weight is 320 g/mol. The third-order valence-corrected chi connectivity index (χ3v) is 2.68. The first-order chi connectivity index (χ1) is 10.2. The highest BCUT2D eigenvalue weighted by molar-refractivity contribution is 5.80. The molecule has 116 valence electrons. The molecule has 0 atom stereocenters. The Kier molecular flexibility index (Phi) is 4.11. The normalized spacial score (nSPS) is 11.4.